The number of nitrogens with one attached hydrogen (secondary N) is 1. The first-order valence-electron chi connectivity index (χ1n) is 4.84. The molecule has 0 amide bonds. The largest absolute Gasteiger partial charge is 0.308 e. The van der Waals surface area contributed by atoms with Gasteiger partial charge in [0.1, 0.15) is 0 Å². The van der Waals surface area contributed by atoms with Crippen LogP contribution in [0.25, 0.3) is 0 Å². The molecular formula is C10H14ClNS2. The molecule has 1 aliphatic heterocycles. The average molecular weight is 248 g/mol. The maximum absolute atomic E-state index is 6.03. The van der Waals surface area contributed by atoms with E-state index in [0.29, 0.717) is 6.04 Å². The molecule has 2 unspecified atom stereocenters. The molecule has 1 aromatic heterocycles. The van der Waals surface area contributed by atoms with Crippen molar-refractivity contribution in [3.8, 4) is 0 Å². The Hall–Kier alpha value is 0.300. The lowest BCUT2D eigenvalue weighted by Gasteiger charge is -2.15. The molecule has 2 rings (SSSR count). The van der Waals surface area contributed by atoms with Crippen molar-refractivity contribution in [3.63, 3.8) is 0 Å². The van der Waals surface area contributed by atoms with Gasteiger partial charge in [0.2, 0.25) is 0 Å². The summed E-state index contributed by atoms with van der Waals surface area (Å²) in [6, 6.07) is 2.63. The van der Waals surface area contributed by atoms with Crippen molar-refractivity contribution in [2.24, 2.45) is 0 Å². The standard InChI is InChI=1S/C10H14ClNS2/c1-7-9(3-5-13-7)12-6-10-8(11)2-4-14-10/h2,4,7,9,12H,3,5-6H2,1H3. The fraction of sp³-hybridized carbons (Fsp3) is 0.600. The van der Waals surface area contributed by atoms with Crippen LogP contribution < -0.4 is 5.32 Å². The van der Waals surface area contributed by atoms with E-state index in [1.807, 2.05) is 11.4 Å². The van der Waals surface area contributed by atoms with Crippen molar-refractivity contribution >= 4 is 34.7 Å². The van der Waals surface area contributed by atoms with Gasteiger partial charge >= 0.3 is 0 Å². The summed E-state index contributed by atoms with van der Waals surface area (Å²) in [6.07, 6.45) is 1.29. The summed E-state index contributed by atoms with van der Waals surface area (Å²) < 4.78 is 0. The molecule has 0 bridgehead atoms. The highest BCUT2D eigenvalue weighted by Crippen LogP contribution is 2.27. The lowest BCUT2D eigenvalue weighted by atomic mass is 10.2. The van der Waals surface area contributed by atoms with Gasteiger partial charge in [0.05, 0.1) is 5.02 Å². The van der Waals surface area contributed by atoms with Gasteiger partial charge in [-0.3, -0.25) is 0 Å². The third-order valence-corrected chi connectivity index (χ3v) is 5.30. The average Bonchev–Trinajstić information content (AvgIpc) is 2.72. The molecule has 1 saturated heterocycles. The van der Waals surface area contributed by atoms with Gasteiger partial charge in [0.15, 0.2) is 0 Å². The van der Waals surface area contributed by atoms with Crippen LogP contribution in [-0.2, 0) is 6.54 Å². The Morgan fingerprint density at radius 3 is 3.07 bits per heavy atom. The normalized spacial score (nSPS) is 27.0. The Kier molecular flexibility index (Phi) is 3.77. The molecule has 0 aromatic carbocycles. The lowest BCUT2D eigenvalue weighted by Crippen LogP contribution is -2.32. The molecule has 78 valence electrons. The van der Waals surface area contributed by atoms with Crippen molar-refractivity contribution in [2.45, 2.75) is 31.2 Å². The first kappa shape index (κ1) is 10.8. The van der Waals surface area contributed by atoms with Gasteiger partial charge in [0.25, 0.3) is 0 Å². The number of thiophene rings is 1. The molecule has 1 fully saturated rings. The van der Waals surface area contributed by atoms with E-state index in [-0.39, 0.29) is 0 Å². The minimum absolute atomic E-state index is 0.665. The molecule has 2 atom stereocenters. The third-order valence-electron chi connectivity index (χ3n) is 2.59. The van der Waals surface area contributed by atoms with Crippen molar-refractivity contribution in [1.29, 1.82) is 0 Å². The van der Waals surface area contributed by atoms with E-state index in [1.54, 1.807) is 11.3 Å². The van der Waals surface area contributed by atoms with E-state index in [0.717, 1.165) is 16.8 Å². The number of halogens is 1. The van der Waals surface area contributed by atoms with Crippen molar-refractivity contribution in [3.05, 3.63) is 21.3 Å². The van der Waals surface area contributed by atoms with Gasteiger partial charge in [-0.15, -0.1) is 11.3 Å². The molecule has 14 heavy (non-hydrogen) atoms. The zero-order valence-corrected chi connectivity index (χ0v) is 10.5. The second-order valence-corrected chi connectivity index (χ2v) is 6.44. The van der Waals surface area contributed by atoms with Gasteiger partial charge in [-0.25, -0.2) is 0 Å². The Labute approximate surface area is 98.2 Å². The highest BCUT2D eigenvalue weighted by atomic mass is 35.5. The maximum atomic E-state index is 6.03. The van der Waals surface area contributed by atoms with Crippen molar-refractivity contribution in [2.75, 3.05) is 5.75 Å². The number of hydrogen-bond acceptors (Lipinski definition) is 3. The monoisotopic (exact) mass is 247 g/mol. The fourth-order valence-electron chi connectivity index (χ4n) is 1.67. The van der Waals surface area contributed by atoms with Crippen LogP contribution in [0.15, 0.2) is 11.4 Å². The van der Waals surface area contributed by atoms with Crippen molar-refractivity contribution in [1.82, 2.24) is 5.32 Å². The summed E-state index contributed by atoms with van der Waals surface area (Å²) in [7, 11) is 0. The van der Waals surface area contributed by atoms with Gasteiger partial charge < -0.3 is 5.32 Å². The van der Waals surface area contributed by atoms with Crippen LogP contribution >= 0.6 is 34.7 Å². The highest BCUT2D eigenvalue weighted by Gasteiger charge is 2.23. The van der Waals surface area contributed by atoms with E-state index in [9.17, 15) is 0 Å². The predicted octanol–water partition coefficient (Wildman–Crippen LogP) is 3.39. The minimum atomic E-state index is 0.665. The molecule has 1 aliphatic rings. The van der Waals surface area contributed by atoms with E-state index < -0.39 is 0 Å². The zero-order chi connectivity index (χ0) is 9.97. The summed E-state index contributed by atoms with van der Waals surface area (Å²) in [5, 5.41) is 7.28. The van der Waals surface area contributed by atoms with Crippen molar-refractivity contribution < 1.29 is 0 Å². The molecule has 1 nitrogen and oxygen atoms in total. The second-order valence-electron chi connectivity index (χ2n) is 3.54. The van der Waals surface area contributed by atoms with Crippen LogP contribution in [0.4, 0.5) is 0 Å². The van der Waals surface area contributed by atoms with Crippen LogP contribution in [-0.4, -0.2) is 17.0 Å². The summed E-state index contributed by atoms with van der Waals surface area (Å²) in [4.78, 5) is 1.26. The highest BCUT2D eigenvalue weighted by molar-refractivity contribution is 8.00. The van der Waals surface area contributed by atoms with Gasteiger partial charge in [0, 0.05) is 22.7 Å². The molecule has 2 heterocycles. The fourth-order valence-corrected chi connectivity index (χ4v) is 3.96. The van der Waals surface area contributed by atoms with Gasteiger partial charge in [-0.2, -0.15) is 11.8 Å². The number of thioether (sulfide) groups is 1. The molecule has 0 radical (unpaired) electrons. The molecule has 4 heteroatoms. The summed E-state index contributed by atoms with van der Waals surface area (Å²) in [6.45, 7) is 3.22. The van der Waals surface area contributed by atoms with E-state index in [4.69, 9.17) is 11.6 Å². The molecular weight excluding hydrogens is 234 g/mol. The Morgan fingerprint density at radius 1 is 1.64 bits per heavy atom. The van der Waals surface area contributed by atoms with E-state index >= 15 is 0 Å². The molecule has 1 N–H and O–H groups in total. The lowest BCUT2D eigenvalue weighted by molar-refractivity contribution is 0.515. The van der Waals surface area contributed by atoms with Crippen LogP contribution in [0.5, 0.6) is 0 Å². The zero-order valence-electron chi connectivity index (χ0n) is 8.13. The Balaban J connectivity index is 1.85. The summed E-state index contributed by atoms with van der Waals surface area (Å²) in [5.74, 6) is 1.29. The molecule has 0 aliphatic carbocycles. The quantitative estimate of drug-likeness (QED) is 0.879. The Bertz CT molecular complexity index is 300. The van der Waals surface area contributed by atoms with Crippen LogP contribution in [0.3, 0.4) is 0 Å². The molecule has 0 spiro atoms. The van der Waals surface area contributed by atoms with E-state index in [1.165, 1.54) is 17.1 Å². The van der Waals surface area contributed by atoms with Crippen LogP contribution in [0, 0.1) is 0 Å². The van der Waals surface area contributed by atoms with Gasteiger partial charge in [-0.1, -0.05) is 18.5 Å². The topological polar surface area (TPSA) is 12.0 Å². The van der Waals surface area contributed by atoms with Crippen LogP contribution in [0.1, 0.15) is 18.2 Å². The predicted molar refractivity (Wildman–Crippen MR) is 66.5 cm³/mol. The first-order chi connectivity index (χ1) is 6.77. The molecule has 1 aromatic rings. The second kappa shape index (κ2) is 4.88. The van der Waals surface area contributed by atoms with Gasteiger partial charge in [-0.05, 0) is 23.6 Å². The summed E-state index contributed by atoms with van der Waals surface area (Å²) in [5.41, 5.74) is 0. The summed E-state index contributed by atoms with van der Waals surface area (Å²) >= 11 is 9.81. The number of rotatable bonds is 3. The van der Waals surface area contributed by atoms with Crippen LogP contribution in [0.2, 0.25) is 5.02 Å². The van der Waals surface area contributed by atoms with E-state index in [2.05, 4.69) is 24.0 Å². The maximum Gasteiger partial charge on any atom is 0.0558 e. The smallest absolute Gasteiger partial charge is 0.0558 e. The minimum Gasteiger partial charge on any atom is -0.308 e. The Morgan fingerprint density at radius 2 is 2.50 bits per heavy atom. The number of hydrogen-bond donors (Lipinski definition) is 1. The third kappa shape index (κ3) is 2.45. The first-order valence-corrected chi connectivity index (χ1v) is 7.15. The molecule has 0 saturated carbocycles. The SMILES string of the molecule is CC1SCCC1NCc1sccc1Cl.